The first-order valence-electron chi connectivity index (χ1n) is 5.64. The van der Waals surface area contributed by atoms with E-state index in [1.807, 2.05) is 18.3 Å². The van der Waals surface area contributed by atoms with Gasteiger partial charge in [0.1, 0.15) is 5.69 Å². The molecule has 0 aliphatic rings. The summed E-state index contributed by atoms with van der Waals surface area (Å²) in [5.41, 5.74) is 7.43. The highest BCUT2D eigenvalue weighted by Crippen LogP contribution is 2.07. The predicted molar refractivity (Wildman–Crippen MR) is 69.2 cm³/mol. The summed E-state index contributed by atoms with van der Waals surface area (Å²) >= 11 is 0. The van der Waals surface area contributed by atoms with E-state index in [1.165, 1.54) is 0 Å². The molecule has 0 spiro atoms. The second kappa shape index (κ2) is 5.77. The number of anilines is 1. The van der Waals surface area contributed by atoms with Crippen LogP contribution in [-0.4, -0.2) is 22.4 Å². The number of rotatable bonds is 5. The summed E-state index contributed by atoms with van der Waals surface area (Å²) in [5, 5.41) is 3.21. The van der Waals surface area contributed by atoms with Gasteiger partial charge in [-0.2, -0.15) is 0 Å². The fraction of sp³-hybridized carbons (Fsp3) is 0.154. The van der Waals surface area contributed by atoms with Gasteiger partial charge in [0.2, 0.25) is 0 Å². The Labute approximate surface area is 105 Å². The maximum atomic E-state index is 11.0. The molecule has 0 fully saturated rings. The quantitative estimate of drug-likeness (QED) is 0.826. The molecule has 2 rings (SSSR count). The third-order valence-corrected chi connectivity index (χ3v) is 2.48. The Bertz CT molecular complexity index is 528. The zero-order valence-electron chi connectivity index (χ0n) is 9.84. The summed E-state index contributed by atoms with van der Waals surface area (Å²) in [5.74, 6) is -0.522. The minimum absolute atomic E-state index is 0.265. The molecule has 2 aromatic rings. The first kappa shape index (κ1) is 12.0. The van der Waals surface area contributed by atoms with E-state index >= 15 is 0 Å². The summed E-state index contributed by atoms with van der Waals surface area (Å²) in [6.07, 6.45) is 6.01. The SMILES string of the molecule is NC(=O)c1cc(NCCc2cccnc2)ccn1. The van der Waals surface area contributed by atoms with Crippen LogP contribution in [0.25, 0.3) is 0 Å². The Balaban J connectivity index is 1.90. The molecule has 0 aromatic carbocycles. The standard InChI is InChI=1S/C13H14N4O/c14-13(18)12-8-11(4-7-17-12)16-6-3-10-2-1-5-15-9-10/h1-2,4-5,7-9H,3,6H2,(H2,14,18)(H,16,17). The molecule has 3 N–H and O–H groups in total. The Kier molecular flexibility index (Phi) is 3.86. The number of hydrogen-bond acceptors (Lipinski definition) is 4. The topological polar surface area (TPSA) is 80.9 Å². The van der Waals surface area contributed by atoms with Crippen molar-refractivity contribution in [1.29, 1.82) is 0 Å². The minimum Gasteiger partial charge on any atom is -0.385 e. The van der Waals surface area contributed by atoms with Gasteiger partial charge >= 0.3 is 0 Å². The molecule has 92 valence electrons. The number of nitrogens with zero attached hydrogens (tertiary/aromatic N) is 2. The average Bonchev–Trinajstić information content (AvgIpc) is 2.40. The molecule has 5 heteroatoms. The number of nitrogens with two attached hydrogens (primary N) is 1. The van der Waals surface area contributed by atoms with Crippen LogP contribution in [0.5, 0.6) is 0 Å². The van der Waals surface area contributed by atoms with E-state index in [9.17, 15) is 4.79 Å². The van der Waals surface area contributed by atoms with Crippen molar-refractivity contribution in [2.75, 3.05) is 11.9 Å². The molecule has 5 nitrogen and oxygen atoms in total. The maximum absolute atomic E-state index is 11.0. The van der Waals surface area contributed by atoms with Crippen molar-refractivity contribution in [3.05, 3.63) is 54.1 Å². The van der Waals surface area contributed by atoms with Gasteiger partial charge in [-0.1, -0.05) is 6.07 Å². The van der Waals surface area contributed by atoms with Crippen LogP contribution in [0.3, 0.4) is 0 Å². The third-order valence-electron chi connectivity index (χ3n) is 2.48. The monoisotopic (exact) mass is 242 g/mol. The van der Waals surface area contributed by atoms with Crippen LogP contribution >= 0.6 is 0 Å². The Hall–Kier alpha value is -2.43. The van der Waals surface area contributed by atoms with Crippen LogP contribution in [0, 0.1) is 0 Å². The molecular weight excluding hydrogens is 228 g/mol. The van der Waals surface area contributed by atoms with Crippen molar-refractivity contribution < 1.29 is 4.79 Å². The van der Waals surface area contributed by atoms with Crippen molar-refractivity contribution in [1.82, 2.24) is 9.97 Å². The van der Waals surface area contributed by atoms with E-state index in [1.54, 1.807) is 24.5 Å². The van der Waals surface area contributed by atoms with Crippen molar-refractivity contribution >= 4 is 11.6 Å². The molecule has 0 bridgehead atoms. The number of pyridine rings is 2. The molecular formula is C13H14N4O. The molecule has 2 aromatic heterocycles. The average molecular weight is 242 g/mol. The van der Waals surface area contributed by atoms with E-state index < -0.39 is 5.91 Å². The van der Waals surface area contributed by atoms with Gasteiger partial charge < -0.3 is 11.1 Å². The maximum Gasteiger partial charge on any atom is 0.267 e. The molecule has 0 atom stereocenters. The minimum atomic E-state index is -0.522. The lowest BCUT2D eigenvalue weighted by Crippen LogP contribution is -2.13. The number of aromatic nitrogens is 2. The molecule has 18 heavy (non-hydrogen) atoms. The van der Waals surface area contributed by atoms with Gasteiger partial charge in [-0.25, -0.2) is 0 Å². The van der Waals surface area contributed by atoms with E-state index in [0.29, 0.717) is 0 Å². The van der Waals surface area contributed by atoms with E-state index in [2.05, 4.69) is 15.3 Å². The van der Waals surface area contributed by atoms with Crippen molar-refractivity contribution in [3.8, 4) is 0 Å². The number of hydrogen-bond donors (Lipinski definition) is 2. The van der Waals surface area contributed by atoms with Crippen LogP contribution in [0.2, 0.25) is 0 Å². The van der Waals surface area contributed by atoms with E-state index in [-0.39, 0.29) is 5.69 Å². The van der Waals surface area contributed by atoms with Crippen LogP contribution < -0.4 is 11.1 Å². The summed E-state index contributed by atoms with van der Waals surface area (Å²) in [4.78, 5) is 18.9. The summed E-state index contributed by atoms with van der Waals surface area (Å²) in [7, 11) is 0. The van der Waals surface area contributed by atoms with E-state index in [4.69, 9.17) is 5.73 Å². The van der Waals surface area contributed by atoms with E-state index in [0.717, 1.165) is 24.2 Å². The van der Waals surface area contributed by atoms with Crippen molar-refractivity contribution in [2.24, 2.45) is 5.73 Å². The summed E-state index contributed by atoms with van der Waals surface area (Å²) < 4.78 is 0. The molecule has 0 radical (unpaired) electrons. The zero-order valence-corrected chi connectivity index (χ0v) is 9.84. The zero-order chi connectivity index (χ0) is 12.8. The highest BCUT2D eigenvalue weighted by Gasteiger charge is 2.02. The van der Waals surface area contributed by atoms with Gasteiger partial charge in [-0.3, -0.25) is 14.8 Å². The molecule has 2 heterocycles. The van der Waals surface area contributed by atoms with Crippen LogP contribution in [0.1, 0.15) is 16.1 Å². The fourth-order valence-corrected chi connectivity index (χ4v) is 1.57. The second-order valence-corrected chi connectivity index (χ2v) is 3.83. The van der Waals surface area contributed by atoms with Gasteiger partial charge in [0, 0.05) is 30.8 Å². The van der Waals surface area contributed by atoms with Gasteiger partial charge in [-0.05, 0) is 30.2 Å². The highest BCUT2D eigenvalue weighted by molar-refractivity contribution is 5.91. The van der Waals surface area contributed by atoms with Gasteiger partial charge in [0.05, 0.1) is 0 Å². The van der Waals surface area contributed by atoms with Crippen LogP contribution in [0.4, 0.5) is 5.69 Å². The molecule has 0 saturated heterocycles. The molecule has 0 saturated carbocycles. The Morgan fingerprint density at radius 3 is 2.94 bits per heavy atom. The third kappa shape index (κ3) is 3.28. The molecule has 1 amide bonds. The molecule has 0 unspecified atom stereocenters. The number of carbonyl (C=O) groups excluding carboxylic acids is 1. The summed E-state index contributed by atoms with van der Waals surface area (Å²) in [6, 6.07) is 7.38. The van der Waals surface area contributed by atoms with Gasteiger partial charge in [0.25, 0.3) is 5.91 Å². The van der Waals surface area contributed by atoms with Crippen LogP contribution in [0.15, 0.2) is 42.9 Å². The number of carbonyl (C=O) groups is 1. The fourth-order valence-electron chi connectivity index (χ4n) is 1.57. The predicted octanol–water partition coefficient (Wildman–Crippen LogP) is 1.23. The Morgan fingerprint density at radius 2 is 2.22 bits per heavy atom. The Morgan fingerprint density at radius 1 is 1.33 bits per heavy atom. The summed E-state index contributed by atoms with van der Waals surface area (Å²) in [6.45, 7) is 0.758. The van der Waals surface area contributed by atoms with Crippen LogP contribution in [-0.2, 0) is 6.42 Å². The van der Waals surface area contributed by atoms with Crippen molar-refractivity contribution in [2.45, 2.75) is 6.42 Å². The molecule has 0 aliphatic heterocycles. The number of primary amides is 1. The van der Waals surface area contributed by atoms with Gasteiger partial charge in [0.15, 0.2) is 0 Å². The lowest BCUT2D eigenvalue weighted by atomic mass is 10.2. The largest absolute Gasteiger partial charge is 0.385 e. The second-order valence-electron chi connectivity index (χ2n) is 3.83. The first-order chi connectivity index (χ1) is 8.75. The van der Waals surface area contributed by atoms with Gasteiger partial charge in [-0.15, -0.1) is 0 Å². The molecule has 0 aliphatic carbocycles. The highest BCUT2D eigenvalue weighted by atomic mass is 16.1. The normalized spacial score (nSPS) is 10.0. The first-order valence-corrected chi connectivity index (χ1v) is 5.64. The smallest absolute Gasteiger partial charge is 0.267 e. The lowest BCUT2D eigenvalue weighted by molar-refractivity contribution is 0.0995. The van der Waals surface area contributed by atoms with Crippen molar-refractivity contribution in [3.63, 3.8) is 0 Å². The lowest BCUT2D eigenvalue weighted by Gasteiger charge is -2.06. The number of amides is 1. The number of nitrogens with one attached hydrogen (secondary N) is 1.